The second kappa shape index (κ2) is 6.83. The number of carbonyl (C=O) groups is 1. The molecule has 2 amide bonds. The minimum Gasteiger partial charge on any atom is -0.361 e. The lowest BCUT2D eigenvalue weighted by Crippen LogP contribution is -2.42. The summed E-state index contributed by atoms with van der Waals surface area (Å²) in [5.41, 5.74) is 1.90. The van der Waals surface area contributed by atoms with Crippen LogP contribution >= 0.6 is 0 Å². The maximum absolute atomic E-state index is 12.8. The molecule has 1 aliphatic carbocycles. The Balaban J connectivity index is 1.51. The molecule has 2 aromatic carbocycles. The third-order valence-corrected chi connectivity index (χ3v) is 4.95. The SMILES string of the molecule is Cc1cc(CNC(=O)N(C2CC2)C(C)c2ccc3ccccc3c2)no1. The molecule has 1 aromatic heterocycles. The van der Waals surface area contributed by atoms with E-state index in [1.807, 2.05) is 30.0 Å². The minimum absolute atomic E-state index is 0.0196. The highest BCUT2D eigenvalue weighted by atomic mass is 16.5. The molecule has 5 heteroatoms. The standard InChI is InChI=1S/C21H23N3O2/c1-14-11-19(23-26-14)13-22-21(25)24(20-9-10-20)15(2)17-8-7-16-5-3-4-6-18(16)12-17/h3-8,11-12,15,20H,9-10,13H2,1-2H3,(H,22,25). The summed E-state index contributed by atoms with van der Waals surface area (Å²) in [6, 6.07) is 16.9. The number of benzene rings is 2. The van der Waals surface area contributed by atoms with Crippen molar-refractivity contribution >= 4 is 16.8 Å². The molecule has 1 N–H and O–H groups in total. The summed E-state index contributed by atoms with van der Waals surface area (Å²) in [6.45, 7) is 4.32. The summed E-state index contributed by atoms with van der Waals surface area (Å²) in [5, 5.41) is 9.34. The van der Waals surface area contributed by atoms with Gasteiger partial charge in [-0.2, -0.15) is 0 Å². The van der Waals surface area contributed by atoms with Gasteiger partial charge in [-0.05, 0) is 49.1 Å². The van der Waals surface area contributed by atoms with Crippen molar-refractivity contribution in [2.24, 2.45) is 0 Å². The van der Waals surface area contributed by atoms with E-state index in [9.17, 15) is 4.79 Å². The number of fused-ring (bicyclic) bond motifs is 1. The van der Waals surface area contributed by atoms with Gasteiger partial charge in [0.05, 0.1) is 12.6 Å². The van der Waals surface area contributed by atoms with Crippen LogP contribution < -0.4 is 5.32 Å². The molecular weight excluding hydrogens is 326 g/mol. The van der Waals surface area contributed by atoms with E-state index in [0.29, 0.717) is 12.6 Å². The van der Waals surface area contributed by atoms with E-state index in [0.717, 1.165) is 29.9 Å². The van der Waals surface area contributed by atoms with Crippen molar-refractivity contribution in [3.63, 3.8) is 0 Å². The lowest BCUT2D eigenvalue weighted by Gasteiger charge is -2.30. The molecule has 1 fully saturated rings. The summed E-state index contributed by atoms with van der Waals surface area (Å²) >= 11 is 0. The van der Waals surface area contributed by atoms with Crippen molar-refractivity contribution in [3.05, 3.63) is 65.5 Å². The van der Waals surface area contributed by atoms with Gasteiger partial charge in [-0.1, -0.05) is 41.6 Å². The maximum atomic E-state index is 12.8. The van der Waals surface area contributed by atoms with E-state index in [-0.39, 0.29) is 12.1 Å². The smallest absolute Gasteiger partial charge is 0.318 e. The highest BCUT2D eigenvalue weighted by Crippen LogP contribution is 2.35. The van der Waals surface area contributed by atoms with Crippen LogP contribution in [0.4, 0.5) is 4.79 Å². The molecule has 3 aromatic rings. The Labute approximate surface area is 153 Å². The molecule has 0 radical (unpaired) electrons. The van der Waals surface area contributed by atoms with Gasteiger partial charge in [0, 0.05) is 12.1 Å². The first-order chi connectivity index (χ1) is 12.6. The molecule has 1 heterocycles. The van der Waals surface area contributed by atoms with Gasteiger partial charge in [-0.15, -0.1) is 0 Å². The Morgan fingerprint density at radius 3 is 2.69 bits per heavy atom. The van der Waals surface area contributed by atoms with Crippen LogP contribution in [-0.2, 0) is 6.54 Å². The van der Waals surface area contributed by atoms with Crippen molar-refractivity contribution in [1.29, 1.82) is 0 Å². The number of hydrogen-bond donors (Lipinski definition) is 1. The first-order valence-corrected chi connectivity index (χ1v) is 9.09. The number of carbonyl (C=O) groups excluding carboxylic acids is 1. The van der Waals surface area contributed by atoms with Crippen molar-refractivity contribution in [1.82, 2.24) is 15.4 Å². The number of nitrogens with one attached hydrogen (secondary N) is 1. The summed E-state index contributed by atoms with van der Waals surface area (Å²) < 4.78 is 5.06. The van der Waals surface area contributed by atoms with Crippen LogP contribution in [0.25, 0.3) is 10.8 Å². The molecule has 5 nitrogen and oxygen atoms in total. The quantitative estimate of drug-likeness (QED) is 0.734. The maximum Gasteiger partial charge on any atom is 0.318 e. The van der Waals surface area contributed by atoms with Gasteiger partial charge < -0.3 is 14.7 Å². The number of hydrogen-bond acceptors (Lipinski definition) is 3. The molecular formula is C21H23N3O2. The number of rotatable bonds is 5. The van der Waals surface area contributed by atoms with Crippen LogP contribution in [0.3, 0.4) is 0 Å². The summed E-state index contributed by atoms with van der Waals surface area (Å²) in [4.78, 5) is 14.8. The number of amides is 2. The zero-order chi connectivity index (χ0) is 18.1. The van der Waals surface area contributed by atoms with Crippen molar-refractivity contribution in [3.8, 4) is 0 Å². The molecule has 1 unspecified atom stereocenters. The predicted octanol–water partition coefficient (Wildman–Crippen LogP) is 4.57. The second-order valence-electron chi connectivity index (χ2n) is 7.01. The third kappa shape index (κ3) is 3.43. The molecule has 134 valence electrons. The van der Waals surface area contributed by atoms with E-state index >= 15 is 0 Å². The lowest BCUT2D eigenvalue weighted by atomic mass is 10.0. The van der Waals surface area contributed by atoms with Gasteiger partial charge in [0.25, 0.3) is 0 Å². The highest BCUT2D eigenvalue weighted by molar-refractivity contribution is 5.83. The molecule has 0 aliphatic heterocycles. The number of nitrogens with zero attached hydrogens (tertiary/aromatic N) is 2. The molecule has 1 aliphatic rings. The minimum atomic E-state index is -0.0474. The number of aromatic nitrogens is 1. The van der Waals surface area contributed by atoms with Gasteiger partial charge in [0.1, 0.15) is 11.5 Å². The second-order valence-corrected chi connectivity index (χ2v) is 7.01. The normalized spacial score (nSPS) is 15.0. The van der Waals surface area contributed by atoms with Crippen LogP contribution in [-0.4, -0.2) is 22.1 Å². The Kier molecular flexibility index (Phi) is 4.37. The Hall–Kier alpha value is -2.82. The predicted molar refractivity (Wildman–Crippen MR) is 101 cm³/mol. The first-order valence-electron chi connectivity index (χ1n) is 9.09. The van der Waals surface area contributed by atoms with Crippen LogP contribution in [0.5, 0.6) is 0 Å². The number of urea groups is 1. The van der Waals surface area contributed by atoms with E-state index in [4.69, 9.17) is 4.52 Å². The lowest BCUT2D eigenvalue weighted by molar-refractivity contribution is 0.174. The average Bonchev–Trinajstić information content (AvgIpc) is 3.40. The largest absolute Gasteiger partial charge is 0.361 e. The van der Waals surface area contributed by atoms with Crippen molar-refractivity contribution in [2.75, 3.05) is 0 Å². The van der Waals surface area contributed by atoms with E-state index < -0.39 is 0 Å². The fraction of sp³-hybridized carbons (Fsp3) is 0.333. The Bertz CT molecular complexity index is 930. The molecule has 26 heavy (non-hydrogen) atoms. The first kappa shape index (κ1) is 16.6. The fourth-order valence-corrected chi connectivity index (χ4v) is 3.40. The van der Waals surface area contributed by atoms with Gasteiger partial charge in [0.2, 0.25) is 0 Å². The molecule has 1 atom stereocenters. The van der Waals surface area contributed by atoms with Crippen LogP contribution in [0, 0.1) is 6.92 Å². The molecule has 0 saturated heterocycles. The van der Waals surface area contributed by atoms with Crippen molar-refractivity contribution < 1.29 is 9.32 Å². The molecule has 0 bridgehead atoms. The monoisotopic (exact) mass is 349 g/mol. The zero-order valence-electron chi connectivity index (χ0n) is 15.1. The molecule has 1 saturated carbocycles. The van der Waals surface area contributed by atoms with Crippen LogP contribution in [0.15, 0.2) is 53.1 Å². The fourth-order valence-electron chi connectivity index (χ4n) is 3.40. The van der Waals surface area contributed by atoms with E-state index in [1.54, 1.807) is 0 Å². The van der Waals surface area contributed by atoms with Crippen LogP contribution in [0.2, 0.25) is 0 Å². The van der Waals surface area contributed by atoms with Gasteiger partial charge in [0.15, 0.2) is 0 Å². The van der Waals surface area contributed by atoms with Crippen LogP contribution in [0.1, 0.15) is 42.8 Å². The average molecular weight is 349 g/mol. The Morgan fingerprint density at radius 1 is 1.23 bits per heavy atom. The summed E-state index contributed by atoms with van der Waals surface area (Å²) in [6.07, 6.45) is 2.13. The van der Waals surface area contributed by atoms with Crippen molar-refractivity contribution in [2.45, 2.75) is 45.3 Å². The van der Waals surface area contributed by atoms with Gasteiger partial charge in [-0.3, -0.25) is 0 Å². The summed E-state index contributed by atoms with van der Waals surface area (Å²) in [7, 11) is 0. The Morgan fingerprint density at radius 2 is 2.00 bits per heavy atom. The molecule has 0 spiro atoms. The van der Waals surface area contributed by atoms with Gasteiger partial charge >= 0.3 is 6.03 Å². The third-order valence-electron chi connectivity index (χ3n) is 4.95. The number of aryl methyl sites for hydroxylation is 1. The van der Waals surface area contributed by atoms with Gasteiger partial charge in [-0.25, -0.2) is 4.79 Å². The molecule has 4 rings (SSSR count). The van der Waals surface area contributed by atoms with E-state index in [2.05, 4.69) is 47.7 Å². The topological polar surface area (TPSA) is 58.4 Å². The zero-order valence-corrected chi connectivity index (χ0v) is 15.1. The van der Waals surface area contributed by atoms with E-state index in [1.165, 1.54) is 10.8 Å². The summed E-state index contributed by atoms with van der Waals surface area (Å²) in [5.74, 6) is 0.748. The highest BCUT2D eigenvalue weighted by Gasteiger charge is 2.36.